The summed E-state index contributed by atoms with van der Waals surface area (Å²) in [6.45, 7) is 5.58. The zero-order valence-corrected chi connectivity index (χ0v) is 14.8. The van der Waals surface area contributed by atoms with Crippen molar-refractivity contribution in [3.05, 3.63) is 41.6 Å². The van der Waals surface area contributed by atoms with Gasteiger partial charge in [0.1, 0.15) is 5.56 Å². The summed E-state index contributed by atoms with van der Waals surface area (Å²) in [5, 5.41) is 0. The van der Waals surface area contributed by atoms with E-state index in [1.807, 2.05) is 18.2 Å². The number of ether oxygens (including phenoxy) is 1. The minimum Gasteiger partial charge on any atom is -0.461 e. The molecule has 0 saturated heterocycles. The monoisotopic (exact) mass is 353 g/mol. The molecule has 1 aromatic heterocycles. The maximum atomic E-state index is 13.4. The highest BCUT2D eigenvalue weighted by Gasteiger charge is 2.36. The van der Waals surface area contributed by atoms with Crippen LogP contribution in [-0.2, 0) is 12.6 Å². The van der Waals surface area contributed by atoms with Crippen LogP contribution in [0.1, 0.15) is 38.3 Å². The number of aryl methyl sites for hydroxylation is 1. The molecule has 0 fully saturated rings. The molecule has 0 aliphatic heterocycles. The van der Waals surface area contributed by atoms with Gasteiger partial charge in [-0.2, -0.15) is 18.2 Å². The fraction of sp³-hybridized carbons (Fsp3) is 0.444. The lowest BCUT2D eigenvalue weighted by molar-refractivity contribution is -0.137. The maximum absolute atomic E-state index is 13.4. The third-order valence-electron chi connectivity index (χ3n) is 3.55. The predicted molar refractivity (Wildman–Crippen MR) is 91.3 cm³/mol. The summed E-state index contributed by atoms with van der Waals surface area (Å²) in [7, 11) is 1.56. The molecule has 2 aromatic rings. The lowest BCUT2D eigenvalue weighted by Crippen LogP contribution is -2.20. The Bertz CT molecular complexity index is 717. The minimum absolute atomic E-state index is 0.0745. The third kappa shape index (κ3) is 4.84. The van der Waals surface area contributed by atoms with E-state index < -0.39 is 11.7 Å². The Morgan fingerprint density at radius 3 is 2.56 bits per heavy atom. The van der Waals surface area contributed by atoms with Crippen LogP contribution in [0.3, 0.4) is 0 Å². The van der Waals surface area contributed by atoms with Crippen LogP contribution < -0.4 is 9.64 Å². The number of halogens is 3. The number of hydrogen-bond acceptors (Lipinski definition) is 4. The highest BCUT2D eigenvalue weighted by molar-refractivity contribution is 5.63. The molecule has 0 atom stereocenters. The largest absolute Gasteiger partial charge is 0.461 e. The first-order valence-electron chi connectivity index (χ1n) is 8.16. The van der Waals surface area contributed by atoms with E-state index in [1.165, 1.54) is 4.90 Å². The second-order valence-corrected chi connectivity index (χ2v) is 6.03. The van der Waals surface area contributed by atoms with Gasteiger partial charge in [0.25, 0.3) is 0 Å². The zero-order valence-electron chi connectivity index (χ0n) is 14.8. The first kappa shape index (κ1) is 19.0. The molecular formula is C18H22F3N3O. The molecule has 25 heavy (non-hydrogen) atoms. The number of anilines is 2. The van der Waals surface area contributed by atoms with Crippen LogP contribution in [0.15, 0.2) is 30.5 Å². The van der Waals surface area contributed by atoms with E-state index >= 15 is 0 Å². The Labute approximate surface area is 145 Å². The van der Waals surface area contributed by atoms with Crippen molar-refractivity contribution in [2.75, 3.05) is 11.9 Å². The lowest BCUT2D eigenvalue weighted by Gasteiger charge is -2.23. The van der Waals surface area contributed by atoms with E-state index in [0.29, 0.717) is 5.69 Å². The van der Waals surface area contributed by atoms with Gasteiger partial charge >= 0.3 is 12.2 Å². The SMILES string of the molecule is CCCc1cccc(N(C)c2nc(OC(C)C)ncc2C(F)(F)F)c1. The third-order valence-corrected chi connectivity index (χ3v) is 3.55. The Morgan fingerprint density at radius 1 is 1.24 bits per heavy atom. The summed E-state index contributed by atoms with van der Waals surface area (Å²) < 4.78 is 45.5. The fourth-order valence-electron chi connectivity index (χ4n) is 2.41. The Morgan fingerprint density at radius 2 is 1.96 bits per heavy atom. The Hall–Kier alpha value is -2.31. The molecule has 0 bridgehead atoms. The van der Waals surface area contributed by atoms with Gasteiger partial charge in [-0.25, -0.2) is 4.98 Å². The summed E-state index contributed by atoms with van der Waals surface area (Å²) >= 11 is 0. The molecule has 0 aliphatic carbocycles. The lowest BCUT2D eigenvalue weighted by atomic mass is 10.1. The molecule has 1 heterocycles. The first-order valence-corrected chi connectivity index (χ1v) is 8.16. The first-order chi connectivity index (χ1) is 11.7. The number of benzene rings is 1. The molecule has 0 N–H and O–H groups in total. The number of alkyl halides is 3. The number of aromatic nitrogens is 2. The second-order valence-electron chi connectivity index (χ2n) is 6.03. The summed E-state index contributed by atoms with van der Waals surface area (Å²) in [6.07, 6.45) is -2.20. The molecule has 4 nitrogen and oxygen atoms in total. The van der Waals surface area contributed by atoms with Gasteiger partial charge in [-0.1, -0.05) is 25.5 Å². The van der Waals surface area contributed by atoms with Crippen molar-refractivity contribution in [3.8, 4) is 6.01 Å². The number of hydrogen-bond donors (Lipinski definition) is 0. The summed E-state index contributed by atoms with van der Waals surface area (Å²) in [4.78, 5) is 9.11. The van der Waals surface area contributed by atoms with Gasteiger partial charge in [0.05, 0.1) is 6.10 Å². The van der Waals surface area contributed by atoms with Crippen molar-refractivity contribution in [2.45, 2.75) is 45.9 Å². The molecule has 1 aromatic carbocycles. The fourth-order valence-corrected chi connectivity index (χ4v) is 2.41. The molecular weight excluding hydrogens is 331 g/mol. The van der Waals surface area contributed by atoms with Gasteiger partial charge in [0.15, 0.2) is 5.82 Å². The second kappa shape index (κ2) is 7.72. The van der Waals surface area contributed by atoms with Gasteiger partial charge in [0.2, 0.25) is 0 Å². The highest BCUT2D eigenvalue weighted by Crippen LogP contribution is 2.37. The van der Waals surface area contributed by atoms with Crippen molar-refractivity contribution in [2.24, 2.45) is 0 Å². The molecule has 0 aliphatic rings. The van der Waals surface area contributed by atoms with Crippen LogP contribution in [0.25, 0.3) is 0 Å². The molecule has 7 heteroatoms. The van der Waals surface area contributed by atoms with Crippen LogP contribution in [0.4, 0.5) is 24.7 Å². The summed E-state index contributed by atoms with van der Waals surface area (Å²) in [5.41, 5.74) is 0.797. The van der Waals surface area contributed by atoms with Crippen LogP contribution in [0.2, 0.25) is 0 Å². The normalized spacial score (nSPS) is 11.7. The highest BCUT2D eigenvalue weighted by atomic mass is 19.4. The average molecular weight is 353 g/mol. The van der Waals surface area contributed by atoms with E-state index in [1.54, 1.807) is 27.0 Å². The van der Waals surface area contributed by atoms with Gasteiger partial charge < -0.3 is 9.64 Å². The van der Waals surface area contributed by atoms with E-state index in [9.17, 15) is 13.2 Å². The van der Waals surface area contributed by atoms with Crippen molar-refractivity contribution < 1.29 is 17.9 Å². The number of nitrogens with zero attached hydrogens (tertiary/aromatic N) is 3. The van der Waals surface area contributed by atoms with E-state index in [0.717, 1.165) is 24.6 Å². The van der Waals surface area contributed by atoms with Gasteiger partial charge in [-0.15, -0.1) is 0 Å². The molecule has 136 valence electrons. The minimum atomic E-state index is -4.55. The van der Waals surface area contributed by atoms with Crippen molar-refractivity contribution in [1.82, 2.24) is 9.97 Å². The smallest absolute Gasteiger partial charge is 0.421 e. The Kier molecular flexibility index (Phi) is 5.87. The zero-order chi connectivity index (χ0) is 18.6. The standard InChI is InChI=1S/C18H22F3N3O/c1-5-7-13-8-6-9-14(10-13)24(4)16-15(18(19,20)21)11-22-17(23-16)25-12(2)3/h6,8-12H,5,7H2,1-4H3. The van der Waals surface area contributed by atoms with Crippen molar-refractivity contribution in [3.63, 3.8) is 0 Å². The topological polar surface area (TPSA) is 38.2 Å². The number of rotatable bonds is 6. The Balaban J connectivity index is 2.48. The quantitative estimate of drug-likeness (QED) is 0.732. The summed E-state index contributed by atoms with van der Waals surface area (Å²) in [6, 6.07) is 7.34. The molecule has 0 spiro atoms. The maximum Gasteiger partial charge on any atom is 0.421 e. The van der Waals surface area contributed by atoms with Gasteiger partial charge in [0, 0.05) is 18.9 Å². The predicted octanol–water partition coefficient (Wildman–Crippen LogP) is 5.00. The molecule has 0 radical (unpaired) electrons. The van der Waals surface area contributed by atoms with Crippen molar-refractivity contribution in [1.29, 1.82) is 0 Å². The van der Waals surface area contributed by atoms with Crippen LogP contribution in [0, 0.1) is 0 Å². The molecule has 0 saturated carbocycles. The molecule has 0 amide bonds. The van der Waals surface area contributed by atoms with Crippen LogP contribution in [-0.4, -0.2) is 23.1 Å². The summed E-state index contributed by atoms with van der Waals surface area (Å²) in [5.74, 6) is -0.230. The van der Waals surface area contributed by atoms with Gasteiger partial charge in [-0.3, -0.25) is 0 Å². The van der Waals surface area contributed by atoms with Crippen molar-refractivity contribution >= 4 is 11.5 Å². The van der Waals surface area contributed by atoms with E-state index in [-0.39, 0.29) is 17.9 Å². The average Bonchev–Trinajstić information content (AvgIpc) is 2.53. The molecule has 2 rings (SSSR count). The van der Waals surface area contributed by atoms with Crippen LogP contribution in [0.5, 0.6) is 6.01 Å². The van der Waals surface area contributed by atoms with E-state index in [4.69, 9.17) is 4.74 Å². The van der Waals surface area contributed by atoms with E-state index in [2.05, 4.69) is 16.9 Å². The molecule has 0 unspecified atom stereocenters. The van der Waals surface area contributed by atoms with Gasteiger partial charge in [-0.05, 0) is 38.0 Å². The van der Waals surface area contributed by atoms with Crippen LogP contribution >= 0.6 is 0 Å².